The van der Waals surface area contributed by atoms with Gasteiger partial charge in [-0.3, -0.25) is 4.98 Å². The maximum absolute atomic E-state index is 8.62. The maximum Gasteiger partial charge on any atom is 0.189 e. The van der Waals surface area contributed by atoms with Gasteiger partial charge < -0.3 is 10.9 Å². The molecule has 1 unspecified atom stereocenters. The summed E-state index contributed by atoms with van der Waals surface area (Å²) in [6, 6.07) is 3.77. The molecule has 0 saturated heterocycles. The number of thioether (sulfide) groups is 1. The Morgan fingerprint density at radius 1 is 1.73 bits per heavy atom. The van der Waals surface area contributed by atoms with Gasteiger partial charge in [0.05, 0.1) is 0 Å². The van der Waals surface area contributed by atoms with Gasteiger partial charge in [0, 0.05) is 16.3 Å². The fraction of sp³-hybridized carbons (Fsp3) is 0.400. The molecular formula is C10H15N3OS. The van der Waals surface area contributed by atoms with Crippen molar-refractivity contribution in [3.63, 3.8) is 0 Å². The molecule has 0 aliphatic rings. The first-order chi connectivity index (χ1) is 7.19. The van der Waals surface area contributed by atoms with E-state index >= 15 is 0 Å². The molecule has 5 heteroatoms. The van der Waals surface area contributed by atoms with Crippen LogP contribution in [0.25, 0.3) is 0 Å². The van der Waals surface area contributed by atoms with Crippen LogP contribution < -0.4 is 5.73 Å². The second-order valence-corrected chi connectivity index (χ2v) is 4.65. The first-order valence-corrected chi connectivity index (χ1v) is 5.66. The van der Waals surface area contributed by atoms with E-state index in [1.165, 1.54) is 0 Å². The highest BCUT2D eigenvalue weighted by Crippen LogP contribution is 2.26. The van der Waals surface area contributed by atoms with Crippen LogP contribution in [0.4, 0.5) is 0 Å². The lowest BCUT2D eigenvalue weighted by molar-refractivity contribution is 0.318. The molecule has 1 heterocycles. The average Bonchev–Trinajstić information content (AvgIpc) is 2.28. The van der Waals surface area contributed by atoms with Crippen LogP contribution >= 0.6 is 11.8 Å². The Kier molecular flexibility index (Phi) is 4.42. The number of amidine groups is 1. The van der Waals surface area contributed by atoms with E-state index in [1.807, 2.05) is 12.1 Å². The lowest BCUT2D eigenvalue weighted by atomic mass is 10.3. The third-order valence-electron chi connectivity index (χ3n) is 2.02. The number of rotatable bonds is 4. The van der Waals surface area contributed by atoms with Gasteiger partial charge in [0.15, 0.2) is 5.84 Å². The van der Waals surface area contributed by atoms with Crippen molar-refractivity contribution in [2.24, 2.45) is 10.9 Å². The van der Waals surface area contributed by atoms with E-state index in [9.17, 15) is 0 Å². The summed E-state index contributed by atoms with van der Waals surface area (Å²) >= 11 is 1.68. The lowest BCUT2D eigenvalue weighted by Gasteiger charge is -2.10. The molecule has 0 spiro atoms. The minimum absolute atomic E-state index is 0.0569. The van der Waals surface area contributed by atoms with E-state index in [-0.39, 0.29) is 5.84 Å². The Morgan fingerprint density at radius 3 is 3.07 bits per heavy atom. The van der Waals surface area contributed by atoms with Crippen molar-refractivity contribution < 1.29 is 5.21 Å². The molecule has 0 amide bonds. The molecule has 82 valence electrons. The van der Waals surface area contributed by atoms with Crippen LogP contribution in [0, 0.1) is 0 Å². The van der Waals surface area contributed by atoms with Crippen molar-refractivity contribution in [2.45, 2.75) is 30.4 Å². The third-order valence-corrected chi connectivity index (χ3v) is 3.34. The Labute approximate surface area is 93.6 Å². The smallest absolute Gasteiger partial charge is 0.189 e. The lowest BCUT2D eigenvalue weighted by Crippen LogP contribution is -2.16. The van der Waals surface area contributed by atoms with Crippen LogP contribution in [0.3, 0.4) is 0 Å². The van der Waals surface area contributed by atoms with Crippen LogP contribution in [-0.4, -0.2) is 21.3 Å². The first kappa shape index (κ1) is 11.8. The zero-order valence-corrected chi connectivity index (χ0v) is 9.66. The fourth-order valence-electron chi connectivity index (χ4n) is 1.03. The van der Waals surface area contributed by atoms with E-state index < -0.39 is 0 Å². The van der Waals surface area contributed by atoms with Crippen LogP contribution in [0.1, 0.15) is 26.0 Å². The van der Waals surface area contributed by atoms with E-state index in [2.05, 4.69) is 24.0 Å². The number of oxime groups is 1. The van der Waals surface area contributed by atoms with Crippen molar-refractivity contribution >= 4 is 17.6 Å². The summed E-state index contributed by atoms with van der Waals surface area (Å²) in [6.07, 6.45) is 2.70. The molecular weight excluding hydrogens is 210 g/mol. The molecule has 3 N–H and O–H groups in total. The Balaban J connectivity index is 2.96. The highest BCUT2D eigenvalue weighted by Gasteiger charge is 2.10. The molecule has 0 aliphatic heterocycles. The molecule has 15 heavy (non-hydrogen) atoms. The minimum Gasteiger partial charge on any atom is -0.409 e. The molecule has 0 saturated carbocycles. The van der Waals surface area contributed by atoms with Gasteiger partial charge in [0.1, 0.15) is 5.69 Å². The molecule has 0 bridgehead atoms. The van der Waals surface area contributed by atoms with Crippen molar-refractivity contribution in [3.05, 3.63) is 24.0 Å². The standard InChI is InChI=1S/C10H15N3OS/c1-3-7(2)15-8-5-4-6-12-9(8)10(11)13-14/h4-7,14H,3H2,1-2H3,(H2,11,13). The topological polar surface area (TPSA) is 71.5 Å². The number of hydrogen-bond acceptors (Lipinski definition) is 4. The quantitative estimate of drug-likeness (QED) is 0.270. The zero-order valence-electron chi connectivity index (χ0n) is 8.84. The summed E-state index contributed by atoms with van der Waals surface area (Å²) in [5, 5.41) is 12.1. The molecule has 1 atom stereocenters. The summed E-state index contributed by atoms with van der Waals surface area (Å²) < 4.78 is 0. The molecule has 0 aromatic carbocycles. The van der Waals surface area contributed by atoms with Gasteiger partial charge in [-0.15, -0.1) is 11.8 Å². The summed E-state index contributed by atoms with van der Waals surface area (Å²) in [6.45, 7) is 4.25. The summed E-state index contributed by atoms with van der Waals surface area (Å²) in [4.78, 5) is 5.05. The number of pyridine rings is 1. The first-order valence-electron chi connectivity index (χ1n) is 4.78. The van der Waals surface area contributed by atoms with Crippen LogP contribution in [0.2, 0.25) is 0 Å². The summed E-state index contributed by atoms with van der Waals surface area (Å²) in [5.41, 5.74) is 6.08. The van der Waals surface area contributed by atoms with Gasteiger partial charge in [0.25, 0.3) is 0 Å². The molecule has 0 fully saturated rings. The molecule has 1 aromatic rings. The van der Waals surface area contributed by atoms with Gasteiger partial charge in [-0.25, -0.2) is 0 Å². The van der Waals surface area contributed by atoms with Crippen LogP contribution in [0.5, 0.6) is 0 Å². The second-order valence-electron chi connectivity index (χ2n) is 3.17. The van der Waals surface area contributed by atoms with Crippen LogP contribution in [0.15, 0.2) is 28.4 Å². The fourth-order valence-corrected chi connectivity index (χ4v) is 2.05. The molecule has 1 rings (SSSR count). The highest BCUT2D eigenvalue weighted by atomic mass is 32.2. The van der Waals surface area contributed by atoms with E-state index in [4.69, 9.17) is 10.9 Å². The number of aromatic nitrogens is 1. The van der Waals surface area contributed by atoms with Crippen molar-refractivity contribution in [3.8, 4) is 0 Å². The normalized spacial score (nSPS) is 13.9. The SMILES string of the molecule is CCC(C)Sc1cccnc1/C(N)=N/O. The van der Waals surface area contributed by atoms with Gasteiger partial charge >= 0.3 is 0 Å². The second kappa shape index (κ2) is 5.60. The predicted octanol–water partition coefficient (Wildman–Crippen LogP) is 2.07. The number of hydrogen-bond donors (Lipinski definition) is 2. The molecule has 0 aliphatic carbocycles. The number of nitrogens with two attached hydrogens (primary N) is 1. The minimum atomic E-state index is 0.0569. The van der Waals surface area contributed by atoms with Gasteiger partial charge in [0.2, 0.25) is 0 Å². The number of nitrogens with zero attached hydrogens (tertiary/aromatic N) is 2. The van der Waals surface area contributed by atoms with Crippen molar-refractivity contribution in [1.82, 2.24) is 4.98 Å². The Hall–Kier alpha value is -1.23. The molecule has 4 nitrogen and oxygen atoms in total. The van der Waals surface area contributed by atoms with Gasteiger partial charge in [-0.05, 0) is 18.6 Å². The monoisotopic (exact) mass is 225 g/mol. The molecule has 1 aromatic heterocycles. The van der Waals surface area contributed by atoms with Gasteiger partial charge in [-0.2, -0.15) is 0 Å². The highest BCUT2D eigenvalue weighted by molar-refractivity contribution is 8.00. The summed E-state index contributed by atoms with van der Waals surface area (Å²) in [7, 11) is 0. The summed E-state index contributed by atoms with van der Waals surface area (Å²) in [5.74, 6) is 0.0569. The Bertz CT molecular complexity index is 354. The largest absolute Gasteiger partial charge is 0.409 e. The van der Waals surface area contributed by atoms with E-state index in [1.54, 1.807) is 18.0 Å². The Morgan fingerprint density at radius 2 is 2.47 bits per heavy atom. The van der Waals surface area contributed by atoms with Crippen molar-refractivity contribution in [1.29, 1.82) is 0 Å². The molecule has 0 radical (unpaired) electrons. The van der Waals surface area contributed by atoms with Crippen LogP contribution in [-0.2, 0) is 0 Å². The van der Waals surface area contributed by atoms with Gasteiger partial charge in [-0.1, -0.05) is 19.0 Å². The zero-order chi connectivity index (χ0) is 11.3. The van der Waals surface area contributed by atoms with Crippen molar-refractivity contribution in [2.75, 3.05) is 0 Å². The predicted molar refractivity (Wildman–Crippen MR) is 62.4 cm³/mol. The van der Waals surface area contributed by atoms with E-state index in [0.29, 0.717) is 10.9 Å². The maximum atomic E-state index is 8.62. The van der Waals surface area contributed by atoms with E-state index in [0.717, 1.165) is 11.3 Å². The third kappa shape index (κ3) is 3.13. The average molecular weight is 225 g/mol.